The summed E-state index contributed by atoms with van der Waals surface area (Å²) in [6.07, 6.45) is -0.660. The van der Waals surface area contributed by atoms with E-state index in [-0.39, 0.29) is 37.9 Å². The molecule has 2 amide bonds. The first-order valence-corrected chi connectivity index (χ1v) is 11.6. The molecule has 182 valence electrons. The highest BCUT2D eigenvalue weighted by atomic mass is 35.5. The van der Waals surface area contributed by atoms with Crippen LogP contribution in [0.25, 0.3) is 10.4 Å². The molecule has 33 heavy (non-hydrogen) atoms. The van der Waals surface area contributed by atoms with E-state index in [9.17, 15) is 19.8 Å². The third-order valence-corrected chi connectivity index (χ3v) is 6.86. The lowest BCUT2D eigenvalue weighted by Crippen LogP contribution is -2.55. The largest absolute Gasteiger partial charge is 0.394 e. The van der Waals surface area contributed by atoms with Gasteiger partial charge in [0.25, 0.3) is 0 Å². The number of amides is 2. The van der Waals surface area contributed by atoms with Crippen molar-refractivity contribution in [3.63, 3.8) is 0 Å². The first-order chi connectivity index (χ1) is 15.0. The number of rotatable bonds is 6. The van der Waals surface area contributed by atoms with Crippen LogP contribution in [-0.4, -0.2) is 63.3 Å². The highest BCUT2D eigenvalue weighted by Crippen LogP contribution is 2.29. The Morgan fingerprint density at radius 1 is 1.30 bits per heavy atom. The number of hydrogen-bond donors (Lipinski definition) is 4. The standard InChI is InChI=1S/C23H32N4O4S.ClH/c1-13-19(32-12-25-13)15-7-5-14(6-8-15)17(11-28)26-21(30)18-9-16(29)10-27(18)22(31)20(24)23(2,3)4;/h5-8,12,16-18,20,28-29H,9-11,24H2,1-4H3,(H,26,30);1H/t16?,17?,18?,20-;/m1./s1. The van der Waals surface area contributed by atoms with Crippen molar-refractivity contribution >= 4 is 35.6 Å². The summed E-state index contributed by atoms with van der Waals surface area (Å²) in [4.78, 5) is 32.7. The van der Waals surface area contributed by atoms with Crippen LogP contribution < -0.4 is 11.1 Å². The summed E-state index contributed by atoms with van der Waals surface area (Å²) >= 11 is 1.56. The molecule has 0 aliphatic carbocycles. The Bertz CT molecular complexity index is 960. The molecular weight excluding hydrogens is 464 g/mol. The molecule has 0 saturated carbocycles. The number of aromatic nitrogens is 1. The molecule has 3 rings (SSSR count). The fourth-order valence-corrected chi connectivity index (χ4v) is 4.61. The number of halogens is 1. The SMILES string of the molecule is Cc1ncsc1-c1ccc(C(CO)NC(=O)C2CC(O)CN2C(=O)[C@@H](N)C(C)(C)C)cc1.Cl. The van der Waals surface area contributed by atoms with Gasteiger partial charge in [0.1, 0.15) is 6.04 Å². The van der Waals surface area contributed by atoms with E-state index >= 15 is 0 Å². The van der Waals surface area contributed by atoms with Crippen molar-refractivity contribution in [3.8, 4) is 10.4 Å². The predicted molar refractivity (Wildman–Crippen MR) is 131 cm³/mol. The van der Waals surface area contributed by atoms with E-state index in [1.165, 1.54) is 4.90 Å². The second kappa shape index (κ2) is 10.9. The van der Waals surface area contributed by atoms with Gasteiger partial charge in [-0.15, -0.1) is 23.7 Å². The molecule has 1 aliphatic heterocycles. The van der Waals surface area contributed by atoms with Crippen molar-refractivity contribution < 1.29 is 19.8 Å². The van der Waals surface area contributed by atoms with Gasteiger partial charge in [-0.3, -0.25) is 9.59 Å². The number of carbonyl (C=O) groups excluding carboxylic acids is 2. The van der Waals surface area contributed by atoms with Crippen LogP contribution >= 0.6 is 23.7 Å². The fraction of sp³-hybridized carbons (Fsp3) is 0.522. The number of thiazole rings is 1. The van der Waals surface area contributed by atoms with E-state index < -0.39 is 35.6 Å². The number of aryl methyl sites for hydroxylation is 1. The molecule has 1 aliphatic rings. The van der Waals surface area contributed by atoms with Gasteiger partial charge in [-0.2, -0.15) is 0 Å². The fourth-order valence-electron chi connectivity index (χ4n) is 3.80. The molecule has 10 heteroatoms. The van der Waals surface area contributed by atoms with Crippen molar-refractivity contribution in [2.24, 2.45) is 11.1 Å². The first-order valence-electron chi connectivity index (χ1n) is 10.7. The number of benzene rings is 1. The average molecular weight is 497 g/mol. The van der Waals surface area contributed by atoms with Gasteiger partial charge in [0, 0.05) is 13.0 Å². The second-order valence-electron chi connectivity index (χ2n) is 9.37. The van der Waals surface area contributed by atoms with Crippen molar-refractivity contribution in [2.45, 2.75) is 58.3 Å². The number of β-amino-alcohol motifs (C(OH)–C–C–N with tert-alkyl or cyclic N) is 1. The van der Waals surface area contributed by atoms with E-state index in [4.69, 9.17) is 5.73 Å². The number of likely N-dealkylation sites (tertiary alicyclic amines) is 1. The van der Waals surface area contributed by atoms with Gasteiger partial charge in [-0.25, -0.2) is 4.98 Å². The molecule has 1 aromatic heterocycles. The van der Waals surface area contributed by atoms with Crippen molar-refractivity contribution in [1.29, 1.82) is 0 Å². The smallest absolute Gasteiger partial charge is 0.243 e. The lowest BCUT2D eigenvalue weighted by molar-refractivity contribution is -0.141. The monoisotopic (exact) mass is 496 g/mol. The molecule has 2 heterocycles. The summed E-state index contributed by atoms with van der Waals surface area (Å²) in [5.41, 5.74) is 10.2. The number of carbonyl (C=O) groups is 2. The normalized spacial score (nSPS) is 20.2. The van der Waals surface area contributed by atoms with Gasteiger partial charge in [-0.1, -0.05) is 45.0 Å². The maximum atomic E-state index is 13.0. The zero-order valence-corrected chi connectivity index (χ0v) is 20.9. The van der Waals surface area contributed by atoms with Crippen LogP contribution in [-0.2, 0) is 9.59 Å². The quantitative estimate of drug-likeness (QED) is 0.484. The van der Waals surface area contributed by atoms with Gasteiger partial charge in [0.2, 0.25) is 11.8 Å². The van der Waals surface area contributed by atoms with Gasteiger partial charge in [0.15, 0.2) is 0 Å². The number of nitrogens with one attached hydrogen (secondary N) is 1. The maximum absolute atomic E-state index is 13.0. The molecule has 2 aromatic rings. The number of aliphatic hydroxyl groups excluding tert-OH is 2. The van der Waals surface area contributed by atoms with Gasteiger partial charge < -0.3 is 26.2 Å². The van der Waals surface area contributed by atoms with Crippen LogP contribution in [0.2, 0.25) is 0 Å². The molecule has 0 spiro atoms. The summed E-state index contributed by atoms with van der Waals surface area (Å²) in [7, 11) is 0. The van der Waals surface area contributed by atoms with Crippen LogP contribution in [0.3, 0.4) is 0 Å². The summed E-state index contributed by atoms with van der Waals surface area (Å²) in [6.45, 7) is 7.29. The predicted octanol–water partition coefficient (Wildman–Crippen LogP) is 2.03. The highest BCUT2D eigenvalue weighted by molar-refractivity contribution is 7.13. The molecule has 1 saturated heterocycles. The second-order valence-corrected chi connectivity index (χ2v) is 10.2. The van der Waals surface area contributed by atoms with Crippen LogP contribution in [0.15, 0.2) is 29.8 Å². The molecule has 5 N–H and O–H groups in total. The Balaban J connectivity index is 0.00000385. The van der Waals surface area contributed by atoms with Crippen LogP contribution in [0.4, 0.5) is 0 Å². The molecule has 4 atom stereocenters. The van der Waals surface area contributed by atoms with Crippen molar-refractivity contribution in [3.05, 3.63) is 41.0 Å². The van der Waals surface area contributed by atoms with E-state index in [1.54, 1.807) is 16.8 Å². The molecule has 0 radical (unpaired) electrons. The third kappa shape index (κ3) is 6.10. The Hall–Kier alpha value is -2.04. The number of aliphatic hydroxyl groups is 2. The lowest BCUT2D eigenvalue weighted by atomic mass is 9.86. The first kappa shape index (κ1) is 27.2. The van der Waals surface area contributed by atoms with Crippen molar-refractivity contribution in [1.82, 2.24) is 15.2 Å². The van der Waals surface area contributed by atoms with Crippen molar-refractivity contribution in [2.75, 3.05) is 13.2 Å². The summed E-state index contributed by atoms with van der Waals surface area (Å²) in [5.74, 6) is -0.781. The van der Waals surface area contributed by atoms with Crippen LogP contribution in [0, 0.1) is 12.3 Å². The minimum atomic E-state index is -0.834. The summed E-state index contributed by atoms with van der Waals surface area (Å²) < 4.78 is 0. The highest BCUT2D eigenvalue weighted by Gasteiger charge is 2.43. The van der Waals surface area contributed by atoms with Crippen LogP contribution in [0.1, 0.15) is 44.5 Å². The summed E-state index contributed by atoms with van der Waals surface area (Å²) in [6, 6.07) is 5.32. The number of nitrogens with two attached hydrogens (primary N) is 1. The molecular formula is C23H33ClN4O4S. The molecule has 1 aromatic carbocycles. The molecule has 8 nitrogen and oxygen atoms in total. The average Bonchev–Trinajstić information content (AvgIpc) is 3.35. The minimum Gasteiger partial charge on any atom is -0.394 e. The molecule has 1 fully saturated rings. The maximum Gasteiger partial charge on any atom is 0.243 e. The van der Waals surface area contributed by atoms with Gasteiger partial charge in [-0.05, 0) is 23.5 Å². The Morgan fingerprint density at radius 3 is 2.45 bits per heavy atom. The zero-order chi connectivity index (χ0) is 23.6. The Kier molecular flexibility index (Phi) is 9.01. The Labute approximate surface area is 204 Å². The third-order valence-electron chi connectivity index (χ3n) is 5.88. The minimum absolute atomic E-state index is 0. The number of hydrogen-bond acceptors (Lipinski definition) is 7. The lowest BCUT2D eigenvalue weighted by Gasteiger charge is -2.33. The summed E-state index contributed by atoms with van der Waals surface area (Å²) in [5, 5.41) is 22.9. The van der Waals surface area contributed by atoms with E-state index in [1.807, 2.05) is 52.0 Å². The number of nitrogens with zero attached hydrogens (tertiary/aromatic N) is 2. The van der Waals surface area contributed by atoms with Gasteiger partial charge >= 0.3 is 0 Å². The van der Waals surface area contributed by atoms with Crippen LogP contribution in [0.5, 0.6) is 0 Å². The molecule has 3 unspecified atom stereocenters. The van der Waals surface area contributed by atoms with E-state index in [0.717, 1.165) is 21.7 Å². The Morgan fingerprint density at radius 2 is 1.94 bits per heavy atom. The van der Waals surface area contributed by atoms with Gasteiger partial charge in [0.05, 0.1) is 40.9 Å². The zero-order valence-electron chi connectivity index (χ0n) is 19.3. The molecule has 0 bridgehead atoms. The van der Waals surface area contributed by atoms with E-state index in [2.05, 4.69) is 10.3 Å². The van der Waals surface area contributed by atoms with E-state index in [0.29, 0.717) is 0 Å². The topological polar surface area (TPSA) is 129 Å².